The van der Waals surface area contributed by atoms with Crippen LogP contribution in [0.25, 0.3) is 0 Å². The number of aliphatic hydroxyl groups is 2. The fourth-order valence-corrected chi connectivity index (χ4v) is 7.74. The van der Waals surface area contributed by atoms with Gasteiger partial charge in [0.2, 0.25) is 5.91 Å². The molecule has 0 radical (unpaired) electrons. The molecular weight excluding hydrogens is 719 g/mol. The smallest absolute Gasteiger partial charge is 0.305 e. The Kier molecular flexibility index (Phi) is 46.6. The van der Waals surface area contributed by atoms with Gasteiger partial charge in [-0.05, 0) is 57.8 Å². The Morgan fingerprint density at radius 2 is 0.810 bits per heavy atom. The number of rotatable bonds is 47. The number of allylic oxidation sites excluding steroid dienone is 3. The third-order valence-corrected chi connectivity index (χ3v) is 11.7. The van der Waals surface area contributed by atoms with Crippen LogP contribution in [0.3, 0.4) is 0 Å². The SMILES string of the molecule is CCCCCCCCCCCC/C=C/C(O)C(CO)NC(=O)CCCCCCC/C=C\CCCCOC(=O)CCCCCCCCCCCCCCCCCCCC. The number of ether oxygens (including phenoxy) is 1. The molecule has 342 valence electrons. The van der Waals surface area contributed by atoms with Crippen molar-refractivity contribution < 1.29 is 24.5 Å². The summed E-state index contributed by atoms with van der Waals surface area (Å²) in [4.78, 5) is 24.4. The molecule has 0 spiro atoms. The van der Waals surface area contributed by atoms with Crippen LogP contribution in [-0.2, 0) is 14.3 Å². The summed E-state index contributed by atoms with van der Waals surface area (Å²) >= 11 is 0. The van der Waals surface area contributed by atoms with E-state index in [0.29, 0.717) is 19.4 Å². The number of amides is 1. The molecule has 0 saturated heterocycles. The minimum Gasteiger partial charge on any atom is -0.466 e. The van der Waals surface area contributed by atoms with Crippen molar-refractivity contribution in [2.24, 2.45) is 0 Å². The zero-order chi connectivity index (χ0) is 42.3. The fourth-order valence-electron chi connectivity index (χ4n) is 7.74. The molecule has 0 rings (SSSR count). The van der Waals surface area contributed by atoms with E-state index in [9.17, 15) is 19.8 Å². The van der Waals surface area contributed by atoms with Gasteiger partial charge in [-0.3, -0.25) is 9.59 Å². The Morgan fingerprint density at radius 1 is 0.466 bits per heavy atom. The van der Waals surface area contributed by atoms with Gasteiger partial charge >= 0.3 is 5.97 Å². The molecule has 6 nitrogen and oxygen atoms in total. The van der Waals surface area contributed by atoms with Crippen molar-refractivity contribution >= 4 is 11.9 Å². The first-order chi connectivity index (χ1) is 28.5. The molecule has 0 aliphatic carbocycles. The average Bonchev–Trinajstić information content (AvgIpc) is 3.22. The number of aliphatic hydroxyl groups excluding tert-OH is 2. The predicted molar refractivity (Wildman–Crippen MR) is 250 cm³/mol. The Morgan fingerprint density at radius 3 is 1.22 bits per heavy atom. The van der Waals surface area contributed by atoms with Gasteiger partial charge in [-0.1, -0.05) is 224 Å². The lowest BCUT2D eigenvalue weighted by Gasteiger charge is -2.20. The van der Waals surface area contributed by atoms with Gasteiger partial charge in [0.1, 0.15) is 0 Å². The maximum atomic E-state index is 12.4. The highest BCUT2D eigenvalue weighted by Gasteiger charge is 2.18. The summed E-state index contributed by atoms with van der Waals surface area (Å²) in [7, 11) is 0. The standard InChI is InChI=1S/C52H99NO5/c1-3-5-7-9-11-13-15-17-18-19-20-21-22-26-30-34-38-42-46-52(57)58-47-43-39-35-31-27-23-25-29-33-37-41-45-51(56)53-49(48-54)50(55)44-40-36-32-28-24-16-14-12-10-8-6-4-2/h27,31,40,44,49-50,54-55H,3-26,28-30,32-39,41-43,45-48H2,1-2H3,(H,53,56)/b31-27-,44-40+. The first-order valence-electron chi connectivity index (χ1n) is 25.6. The van der Waals surface area contributed by atoms with E-state index < -0.39 is 12.1 Å². The van der Waals surface area contributed by atoms with Crippen molar-refractivity contribution in [1.82, 2.24) is 5.32 Å². The molecule has 2 atom stereocenters. The van der Waals surface area contributed by atoms with Crippen LogP contribution in [0.15, 0.2) is 24.3 Å². The van der Waals surface area contributed by atoms with E-state index in [0.717, 1.165) is 83.5 Å². The summed E-state index contributed by atoms with van der Waals surface area (Å²) in [5.41, 5.74) is 0. The summed E-state index contributed by atoms with van der Waals surface area (Å²) in [6.07, 6.45) is 56.1. The van der Waals surface area contributed by atoms with Crippen LogP contribution in [0.2, 0.25) is 0 Å². The fraction of sp³-hybridized carbons (Fsp3) is 0.885. The third kappa shape index (κ3) is 43.9. The molecule has 3 N–H and O–H groups in total. The van der Waals surface area contributed by atoms with Crippen molar-refractivity contribution in [2.75, 3.05) is 13.2 Å². The summed E-state index contributed by atoms with van der Waals surface area (Å²) in [6.45, 7) is 4.82. The Balaban J connectivity index is 3.51. The van der Waals surface area contributed by atoms with Crippen LogP contribution < -0.4 is 5.32 Å². The van der Waals surface area contributed by atoms with Crippen molar-refractivity contribution in [3.63, 3.8) is 0 Å². The van der Waals surface area contributed by atoms with Crippen LogP contribution in [0.4, 0.5) is 0 Å². The number of carbonyl (C=O) groups excluding carboxylic acids is 2. The van der Waals surface area contributed by atoms with Crippen molar-refractivity contribution in [2.45, 2.75) is 283 Å². The number of hydrogen-bond acceptors (Lipinski definition) is 5. The molecule has 0 fully saturated rings. The van der Waals surface area contributed by atoms with Gasteiger partial charge in [0.25, 0.3) is 0 Å². The maximum absolute atomic E-state index is 12.4. The van der Waals surface area contributed by atoms with E-state index >= 15 is 0 Å². The Bertz CT molecular complexity index is 904. The highest BCUT2D eigenvalue weighted by atomic mass is 16.5. The van der Waals surface area contributed by atoms with Gasteiger partial charge in [0.15, 0.2) is 0 Å². The molecule has 0 aliphatic rings. The number of hydrogen-bond donors (Lipinski definition) is 3. The zero-order valence-electron chi connectivity index (χ0n) is 38.8. The lowest BCUT2D eigenvalue weighted by molar-refractivity contribution is -0.143. The topological polar surface area (TPSA) is 95.9 Å². The molecule has 0 heterocycles. The van der Waals surface area contributed by atoms with Gasteiger partial charge in [-0.25, -0.2) is 0 Å². The van der Waals surface area contributed by atoms with Gasteiger partial charge in [-0.15, -0.1) is 0 Å². The van der Waals surface area contributed by atoms with Crippen molar-refractivity contribution in [1.29, 1.82) is 0 Å². The second-order valence-corrected chi connectivity index (χ2v) is 17.5. The quantitative estimate of drug-likeness (QED) is 0.0323. The monoisotopic (exact) mass is 818 g/mol. The number of carbonyl (C=O) groups is 2. The minimum absolute atomic E-state index is 0.0292. The summed E-state index contributed by atoms with van der Waals surface area (Å²) in [5.74, 6) is -0.127. The normalized spacial score (nSPS) is 12.8. The molecular formula is C52H99NO5. The highest BCUT2D eigenvalue weighted by Crippen LogP contribution is 2.16. The summed E-state index contributed by atoms with van der Waals surface area (Å²) < 4.78 is 5.45. The van der Waals surface area contributed by atoms with Crippen LogP contribution in [0.1, 0.15) is 271 Å². The van der Waals surface area contributed by atoms with E-state index in [2.05, 4.69) is 31.3 Å². The van der Waals surface area contributed by atoms with Gasteiger partial charge < -0.3 is 20.3 Å². The number of esters is 1. The largest absolute Gasteiger partial charge is 0.466 e. The van der Waals surface area contributed by atoms with Crippen LogP contribution >= 0.6 is 0 Å². The number of nitrogens with one attached hydrogen (secondary N) is 1. The van der Waals surface area contributed by atoms with E-state index in [1.54, 1.807) is 6.08 Å². The second kappa shape index (κ2) is 48.0. The summed E-state index contributed by atoms with van der Waals surface area (Å²) in [5, 5.41) is 23.0. The minimum atomic E-state index is -0.860. The Hall–Kier alpha value is -1.66. The van der Waals surface area contributed by atoms with Gasteiger partial charge in [0, 0.05) is 12.8 Å². The molecule has 0 bridgehead atoms. The van der Waals surface area contributed by atoms with Gasteiger partial charge in [0.05, 0.1) is 25.4 Å². The molecule has 0 aromatic carbocycles. The van der Waals surface area contributed by atoms with E-state index in [-0.39, 0.29) is 18.5 Å². The van der Waals surface area contributed by atoms with Crippen LogP contribution in [0.5, 0.6) is 0 Å². The van der Waals surface area contributed by atoms with Crippen LogP contribution in [-0.4, -0.2) is 47.4 Å². The number of unbranched alkanes of at least 4 members (excludes halogenated alkanes) is 34. The molecule has 1 amide bonds. The molecule has 58 heavy (non-hydrogen) atoms. The lowest BCUT2D eigenvalue weighted by Crippen LogP contribution is -2.45. The van der Waals surface area contributed by atoms with Crippen LogP contribution in [0, 0.1) is 0 Å². The van der Waals surface area contributed by atoms with E-state index in [1.165, 1.54) is 161 Å². The molecule has 2 unspecified atom stereocenters. The second-order valence-electron chi connectivity index (χ2n) is 17.5. The first kappa shape index (κ1) is 56.3. The molecule has 6 heteroatoms. The lowest BCUT2D eigenvalue weighted by atomic mass is 10.0. The molecule has 0 saturated carbocycles. The van der Waals surface area contributed by atoms with E-state index in [1.807, 2.05) is 6.08 Å². The molecule has 0 aromatic heterocycles. The van der Waals surface area contributed by atoms with Crippen molar-refractivity contribution in [3.8, 4) is 0 Å². The zero-order valence-corrected chi connectivity index (χ0v) is 38.8. The third-order valence-electron chi connectivity index (χ3n) is 11.7. The molecule has 0 aliphatic heterocycles. The van der Waals surface area contributed by atoms with Crippen molar-refractivity contribution in [3.05, 3.63) is 24.3 Å². The predicted octanol–water partition coefficient (Wildman–Crippen LogP) is 15.1. The van der Waals surface area contributed by atoms with E-state index in [4.69, 9.17) is 4.74 Å². The highest BCUT2D eigenvalue weighted by molar-refractivity contribution is 5.76. The maximum Gasteiger partial charge on any atom is 0.305 e. The molecule has 0 aromatic rings. The Labute approximate surface area is 361 Å². The van der Waals surface area contributed by atoms with Gasteiger partial charge in [-0.2, -0.15) is 0 Å². The first-order valence-corrected chi connectivity index (χ1v) is 25.6. The summed E-state index contributed by atoms with van der Waals surface area (Å²) in [6, 6.07) is -0.647. The average molecular weight is 818 g/mol.